The molecule has 2 aromatic heterocycles. The van der Waals surface area contributed by atoms with Crippen molar-refractivity contribution in [1.82, 2.24) is 9.97 Å². The highest BCUT2D eigenvalue weighted by atomic mass is 32.1. The van der Waals surface area contributed by atoms with E-state index in [1.807, 2.05) is 25.1 Å². The third kappa shape index (κ3) is 2.14. The zero-order valence-corrected chi connectivity index (χ0v) is 10.8. The molecule has 0 amide bonds. The lowest BCUT2D eigenvalue weighted by Crippen LogP contribution is -2.17. The molecule has 0 aliphatic carbocycles. The molecule has 0 saturated carbocycles. The van der Waals surface area contributed by atoms with Crippen LogP contribution in [0.5, 0.6) is 0 Å². The second-order valence-electron chi connectivity index (χ2n) is 4.34. The summed E-state index contributed by atoms with van der Waals surface area (Å²) in [5.41, 5.74) is 9.44. The Hall–Kier alpha value is -1.72. The highest BCUT2D eigenvalue weighted by Crippen LogP contribution is 2.25. The molecular formula is C13H13N3OS. The molecule has 0 aliphatic heterocycles. The fourth-order valence-electron chi connectivity index (χ4n) is 1.83. The lowest BCUT2D eigenvalue weighted by Gasteiger charge is -1.99. The van der Waals surface area contributed by atoms with E-state index in [2.05, 4.69) is 15.3 Å². The van der Waals surface area contributed by atoms with Gasteiger partial charge >= 0.3 is 0 Å². The molecule has 0 bridgehead atoms. The third-order valence-corrected chi connectivity index (χ3v) is 3.55. The van der Waals surface area contributed by atoms with Crippen molar-refractivity contribution < 1.29 is 4.42 Å². The molecule has 18 heavy (non-hydrogen) atoms. The van der Waals surface area contributed by atoms with Crippen molar-refractivity contribution in [2.45, 2.75) is 19.4 Å². The van der Waals surface area contributed by atoms with Gasteiger partial charge in [-0.15, -0.1) is 11.3 Å². The summed E-state index contributed by atoms with van der Waals surface area (Å²) >= 11 is 1.64. The van der Waals surface area contributed by atoms with Crippen LogP contribution < -0.4 is 5.73 Å². The summed E-state index contributed by atoms with van der Waals surface area (Å²) in [6.45, 7) is 1.99. The largest absolute Gasteiger partial charge is 0.443 e. The quantitative estimate of drug-likeness (QED) is 0.785. The van der Waals surface area contributed by atoms with E-state index in [0.29, 0.717) is 0 Å². The van der Waals surface area contributed by atoms with E-state index in [9.17, 15) is 0 Å². The Morgan fingerprint density at radius 3 is 3.17 bits per heavy atom. The Balaban J connectivity index is 1.95. The molecule has 4 nitrogen and oxygen atoms in total. The fraction of sp³-hybridized carbons (Fsp3) is 0.231. The van der Waals surface area contributed by atoms with Crippen LogP contribution in [0.1, 0.15) is 11.9 Å². The molecule has 0 fully saturated rings. The zero-order chi connectivity index (χ0) is 12.5. The van der Waals surface area contributed by atoms with E-state index in [1.165, 1.54) is 6.39 Å². The highest BCUT2D eigenvalue weighted by molar-refractivity contribution is 7.09. The molecule has 92 valence electrons. The summed E-state index contributed by atoms with van der Waals surface area (Å²) in [4.78, 5) is 8.69. The van der Waals surface area contributed by atoms with Gasteiger partial charge in [-0.2, -0.15) is 0 Å². The summed E-state index contributed by atoms with van der Waals surface area (Å²) in [6, 6.07) is 6.06. The van der Waals surface area contributed by atoms with Gasteiger partial charge in [-0.05, 0) is 19.1 Å². The Kier molecular flexibility index (Phi) is 2.85. The maximum absolute atomic E-state index is 5.78. The Labute approximate surface area is 108 Å². The van der Waals surface area contributed by atoms with Crippen molar-refractivity contribution in [3.63, 3.8) is 0 Å². The summed E-state index contributed by atoms with van der Waals surface area (Å²) < 4.78 is 5.30. The van der Waals surface area contributed by atoms with E-state index in [0.717, 1.165) is 33.8 Å². The molecule has 2 N–H and O–H groups in total. The highest BCUT2D eigenvalue weighted by Gasteiger charge is 2.08. The smallest absolute Gasteiger partial charge is 0.181 e. The van der Waals surface area contributed by atoms with Gasteiger partial charge in [-0.1, -0.05) is 6.07 Å². The Bertz CT molecular complexity index is 671. The van der Waals surface area contributed by atoms with Crippen molar-refractivity contribution in [3.05, 3.63) is 35.0 Å². The normalized spacial score (nSPS) is 13.0. The average Bonchev–Trinajstić information content (AvgIpc) is 2.95. The van der Waals surface area contributed by atoms with Crippen LogP contribution in [0.3, 0.4) is 0 Å². The fourth-order valence-corrected chi connectivity index (χ4v) is 2.77. The second-order valence-corrected chi connectivity index (χ2v) is 5.29. The van der Waals surface area contributed by atoms with Gasteiger partial charge in [-0.3, -0.25) is 0 Å². The Morgan fingerprint density at radius 1 is 1.44 bits per heavy atom. The van der Waals surface area contributed by atoms with Crippen LogP contribution in [0, 0.1) is 0 Å². The van der Waals surface area contributed by atoms with Gasteiger partial charge in [0.1, 0.15) is 5.52 Å². The lowest BCUT2D eigenvalue weighted by atomic mass is 10.1. The first-order chi connectivity index (χ1) is 8.72. The van der Waals surface area contributed by atoms with Gasteiger partial charge in [0.25, 0.3) is 0 Å². The molecule has 1 atom stereocenters. The van der Waals surface area contributed by atoms with Crippen LogP contribution in [-0.2, 0) is 6.42 Å². The number of hydrogen-bond acceptors (Lipinski definition) is 5. The zero-order valence-electron chi connectivity index (χ0n) is 9.96. The Morgan fingerprint density at radius 2 is 2.33 bits per heavy atom. The van der Waals surface area contributed by atoms with Crippen molar-refractivity contribution in [2.75, 3.05) is 0 Å². The molecule has 3 rings (SSSR count). The van der Waals surface area contributed by atoms with Gasteiger partial charge in [-0.25, -0.2) is 9.97 Å². The molecule has 0 saturated heterocycles. The van der Waals surface area contributed by atoms with Crippen LogP contribution in [0.15, 0.2) is 34.4 Å². The first-order valence-electron chi connectivity index (χ1n) is 5.76. The predicted molar refractivity (Wildman–Crippen MR) is 72.5 cm³/mol. The monoisotopic (exact) mass is 259 g/mol. The summed E-state index contributed by atoms with van der Waals surface area (Å²) in [5, 5.41) is 3.12. The average molecular weight is 259 g/mol. The van der Waals surface area contributed by atoms with Gasteiger partial charge in [0.15, 0.2) is 12.0 Å². The van der Waals surface area contributed by atoms with Gasteiger partial charge in [0.2, 0.25) is 0 Å². The summed E-state index contributed by atoms with van der Waals surface area (Å²) in [7, 11) is 0. The number of nitrogens with zero attached hydrogens (tertiary/aromatic N) is 2. The van der Waals surface area contributed by atoms with E-state index < -0.39 is 0 Å². The molecule has 1 aromatic carbocycles. The minimum atomic E-state index is 0.140. The van der Waals surface area contributed by atoms with Crippen molar-refractivity contribution in [2.24, 2.45) is 5.73 Å². The first-order valence-corrected chi connectivity index (χ1v) is 6.64. The minimum absolute atomic E-state index is 0.140. The van der Waals surface area contributed by atoms with Crippen LogP contribution >= 0.6 is 11.3 Å². The molecular weight excluding hydrogens is 246 g/mol. The van der Waals surface area contributed by atoms with E-state index in [1.54, 1.807) is 11.3 Å². The van der Waals surface area contributed by atoms with Crippen LogP contribution in [0.2, 0.25) is 0 Å². The first kappa shape index (κ1) is 11.4. The number of rotatable bonds is 3. The number of hydrogen-bond donors (Lipinski definition) is 1. The maximum Gasteiger partial charge on any atom is 0.181 e. The van der Waals surface area contributed by atoms with Crippen LogP contribution in [0.25, 0.3) is 22.4 Å². The molecule has 0 aliphatic rings. The SMILES string of the molecule is CC(N)Cc1nc(-c2ccc3ncoc3c2)cs1. The van der Waals surface area contributed by atoms with Crippen molar-refractivity contribution >= 4 is 22.4 Å². The maximum atomic E-state index is 5.78. The summed E-state index contributed by atoms with van der Waals surface area (Å²) in [5.74, 6) is 0. The van der Waals surface area contributed by atoms with Gasteiger partial charge < -0.3 is 10.2 Å². The molecule has 0 spiro atoms. The third-order valence-electron chi connectivity index (χ3n) is 2.68. The van der Waals surface area contributed by atoms with Gasteiger partial charge in [0, 0.05) is 23.4 Å². The number of aromatic nitrogens is 2. The number of thiazole rings is 1. The molecule has 1 unspecified atom stereocenters. The number of benzene rings is 1. The molecule has 2 heterocycles. The van der Waals surface area contributed by atoms with Crippen LogP contribution in [-0.4, -0.2) is 16.0 Å². The minimum Gasteiger partial charge on any atom is -0.443 e. The summed E-state index contributed by atoms with van der Waals surface area (Å²) in [6.07, 6.45) is 2.27. The van der Waals surface area contributed by atoms with Crippen LogP contribution in [0.4, 0.5) is 0 Å². The number of fused-ring (bicyclic) bond motifs is 1. The predicted octanol–water partition coefficient (Wildman–Crippen LogP) is 2.84. The number of oxazole rings is 1. The molecule has 0 radical (unpaired) electrons. The van der Waals surface area contributed by atoms with E-state index >= 15 is 0 Å². The lowest BCUT2D eigenvalue weighted by molar-refractivity contribution is 0.602. The van der Waals surface area contributed by atoms with Crippen molar-refractivity contribution in [1.29, 1.82) is 0 Å². The van der Waals surface area contributed by atoms with Gasteiger partial charge in [0.05, 0.1) is 10.7 Å². The topological polar surface area (TPSA) is 64.9 Å². The second kappa shape index (κ2) is 4.51. The van der Waals surface area contributed by atoms with E-state index in [4.69, 9.17) is 10.2 Å². The standard InChI is InChI=1S/C13H13N3OS/c1-8(14)4-13-16-11(6-18-13)9-2-3-10-12(5-9)17-7-15-10/h2-3,5-8H,4,14H2,1H3. The number of nitrogens with two attached hydrogens (primary N) is 1. The van der Waals surface area contributed by atoms with Crippen molar-refractivity contribution in [3.8, 4) is 11.3 Å². The molecule has 5 heteroatoms. The van der Waals surface area contributed by atoms with E-state index in [-0.39, 0.29) is 6.04 Å². The molecule has 3 aromatic rings.